The molecule has 0 atom stereocenters. The number of amides is 1. The van der Waals surface area contributed by atoms with Gasteiger partial charge in [0, 0.05) is 23.4 Å². The van der Waals surface area contributed by atoms with Crippen LogP contribution in [-0.2, 0) is 11.3 Å². The van der Waals surface area contributed by atoms with E-state index in [2.05, 4.69) is 10.4 Å². The molecular weight excluding hydrogens is 337 g/mol. The molecule has 0 radical (unpaired) electrons. The van der Waals surface area contributed by atoms with Gasteiger partial charge in [-0.05, 0) is 42.5 Å². The summed E-state index contributed by atoms with van der Waals surface area (Å²) in [5.74, 6) is -0.153. The zero-order valence-electron chi connectivity index (χ0n) is 14.0. The van der Waals surface area contributed by atoms with Crippen LogP contribution in [0, 0.1) is 5.82 Å². The van der Waals surface area contributed by atoms with E-state index in [1.54, 1.807) is 36.4 Å². The number of methoxy groups -OCH3 is 1. The summed E-state index contributed by atoms with van der Waals surface area (Å²) in [5, 5.41) is 6.87. The zero-order chi connectivity index (χ0) is 18.5. The Morgan fingerprint density at radius 3 is 2.65 bits per heavy atom. The van der Waals surface area contributed by atoms with Crippen molar-refractivity contribution in [3.8, 4) is 17.0 Å². The van der Waals surface area contributed by atoms with Crippen molar-refractivity contribution in [1.82, 2.24) is 9.78 Å². The minimum atomic E-state index is -0.406. The number of aromatic nitrogens is 2. The van der Waals surface area contributed by atoms with E-state index in [1.807, 2.05) is 0 Å². The summed E-state index contributed by atoms with van der Waals surface area (Å²) in [6, 6.07) is 15.5. The van der Waals surface area contributed by atoms with Crippen LogP contribution in [0.5, 0.6) is 5.75 Å². The number of hydrogen-bond acceptors (Lipinski definition) is 4. The largest absolute Gasteiger partial charge is 0.497 e. The maximum atomic E-state index is 13.0. The first kappa shape index (κ1) is 17.3. The van der Waals surface area contributed by atoms with Crippen LogP contribution in [0.25, 0.3) is 11.3 Å². The fourth-order valence-electron chi connectivity index (χ4n) is 2.37. The maximum Gasteiger partial charge on any atom is 0.267 e. The number of carbonyl (C=O) groups is 1. The van der Waals surface area contributed by atoms with Crippen LogP contribution in [0.15, 0.2) is 65.5 Å². The maximum absolute atomic E-state index is 13.0. The SMILES string of the molecule is COc1cccc(NC(=O)Cn2nc(-c3ccc(F)cc3)ccc2=O)c1. The average molecular weight is 353 g/mol. The number of nitrogens with one attached hydrogen (secondary N) is 1. The Kier molecular flexibility index (Phi) is 5.07. The van der Waals surface area contributed by atoms with Crippen molar-refractivity contribution in [3.05, 3.63) is 76.8 Å². The molecule has 0 aliphatic heterocycles. The van der Waals surface area contributed by atoms with E-state index in [-0.39, 0.29) is 12.4 Å². The molecule has 0 bridgehead atoms. The van der Waals surface area contributed by atoms with E-state index in [0.717, 1.165) is 4.68 Å². The molecule has 1 N–H and O–H groups in total. The number of carbonyl (C=O) groups excluding carboxylic acids is 1. The Hall–Kier alpha value is -3.48. The van der Waals surface area contributed by atoms with Crippen molar-refractivity contribution in [2.24, 2.45) is 0 Å². The highest BCUT2D eigenvalue weighted by atomic mass is 19.1. The summed E-state index contributed by atoms with van der Waals surface area (Å²) < 4.78 is 19.2. The molecule has 0 aliphatic carbocycles. The number of benzene rings is 2. The Balaban J connectivity index is 1.78. The van der Waals surface area contributed by atoms with Gasteiger partial charge in [-0.2, -0.15) is 5.10 Å². The number of anilines is 1. The molecule has 6 nitrogen and oxygen atoms in total. The number of ether oxygens (including phenoxy) is 1. The lowest BCUT2D eigenvalue weighted by molar-refractivity contribution is -0.117. The minimum absolute atomic E-state index is 0.245. The minimum Gasteiger partial charge on any atom is -0.497 e. The summed E-state index contributed by atoms with van der Waals surface area (Å²) in [6.07, 6.45) is 0. The summed E-state index contributed by atoms with van der Waals surface area (Å²) in [5.41, 5.74) is 1.26. The first-order valence-corrected chi connectivity index (χ1v) is 7.83. The molecule has 0 aliphatic rings. The highest BCUT2D eigenvalue weighted by molar-refractivity contribution is 5.90. The average Bonchev–Trinajstić information content (AvgIpc) is 2.64. The molecule has 132 valence electrons. The quantitative estimate of drug-likeness (QED) is 0.765. The molecule has 1 amide bonds. The lowest BCUT2D eigenvalue weighted by Gasteiger charge is -2.09. The monoisotopic (exact) mass is 353 g/mol. The molecule has 1 aromatic heterocycles. The predicted octanol–water partition coefficient (Wildman–Crippen LogP) is 2.70. The fraction of sp³-hybridized carbons (Fsp3) is 0.105. The van der Waals surface area contributed by atoms with Crippen LogP contribution in [0.1, 0.15) is 0 Å². The van der Waals surface area contributed by atoms with Gasteiger partial charge in [-0.3, -0.25) is 9.59 Å². The van der Waals surface area contributed by atoms with E-state index in [4.69, 9.17) is 4.74 Å². The van der Waals surface area contributed by atoms with Crippen LogP contribution in [0.4, 0.5) is 10.1 Å². The second-order valence-corrected chi connectivity index (χ2v) is 5.50. The smallest absolute Gasteiger partial charge is 0.267 e. The van der Waals surface area contributed by atoms with Crippen molar-refractivity contribution < 1.29 is 13.9 Å². The number of halogens is 1. The lowest BCUT2D eigenvalue weighted by atomic mass is 10.1. The van der Waals surface area contributed by atoms with Gasteiger partial charge in [0.05, 0.1) is 12.8 Å². The van der Waals surface area contributed by atoms with Gasteiger partial charge in [0.2, 0.25) is 5.91 Å². The zero-order valence-corrected chi connectivity index (χ0v) is 14.0. The van der Waals surface area contributed by atoms with Gasteiger partial charge in [0.15, 0.2) is 0 Å². The lowest BCUT2D eigenvalue weighted by Crippen LogP contribution is -2.29. The third-order valence-electron chi connectivity index (χ3n) is 3.65. The molecule has 2 aromatic carbocycles. The second-order valence-electron chi connectivity index (χ2n) is 5.50. The molecule has 3 aromatic rings. The fourth-order valence-corrected chi connectivity index (χ4v) is 2.37. The second kappa shape index (κ2) is 7.60. The van der Waals surface area contributed by atoms with Crippen molar-refractivity contribution >= 4 is 11.6 Å². The van der Waals surface area contributed by atoms with Crippen molar-refractivity contribution in [2.45, 2.75) is 6.54 Å². The van der Waals surface area contributed by atoms with Gasteiger partial charge in [0.1, 0.15) is 18.1 Å². The number of hydrogen-bond donors (Lipinski definition) is 1. The highest BCUT2D eigenvalue weighted by Crippen LogP contribution is 2.17. The van der Waals surface area contributed by atoms with Gasteiger partial charge in [-0.1, -0.05) is 6.07 Å². The van der Waals surface area contributed by atoms with Crippen LogP contribution < -0.4 is 15.6 Å². The molecule has 0 saturated heterocycles. The van der Waals surface area contributed by atoms with Crippen molar-refractivity contribution in [2.75, 3.05) is 12.4 Å². The molecule has 0 spiro atoms. The van der Waals surface area contributed by atoms with E-state index in [9.17, 15) is 14.0 Å². The Morgan fingerprint density at radius 1 is 1.15 bits per heavy atom. The molecule has 1 heterocycles. The van der Waals surface area contributed by atoms with Crippen LogP contribution in [0.2, 0.25) is 0 Å². The number of nitrogens with zero attached hydrogens (tertiary/aromatic N) is 2. The van der Waals surface area contributed by atoms with Crippen molar-refractivity contribution in [3.63, 3.8) is 0 Å². The van der Waals surface area contributed by atoms with E-state index < -0.39 is 11.5 Å². The topological polar surface area (TPSA) is 73.2 Å². The summed E-state index contributed by atoms with van der Waals surface area (Å²) >= 11 is 0. The Morgan fingerprint density at radius 2 is 1.92 bits per heavy atom. The van der Waals surface area contributed by atoms with Gasteiger partial charge in [0.25, 0.3) is 5.56 Å². The van der Waals surface area contributed by atoms with E-state index in [1.165, 1.54) is 31.4 Å². The standard InChI is InChI=1S/C19H16FN3O3/c1-26-16-4-2-3-15(11-16)21-18(24)12-23-19(25)10-9-17(22-23)13-5-7-14(20)8-6-13/h2-11H,12H2,1H3,(H,21,24). The van der Waals surface area contributed by atoms with Crippen LogP contribution >= 0.6 is 0 Å². The highest BCUT2D eigenvalue weighted by Gasteiger charge is 2.09. The summed E-state index contributed by atoms with van der Waals surface area (Å²) in [7, 11) is 1.53. The summed E-state index contributed by atoms with van der Waals surface area (Å²) in [6.45, 7) is -0.245. The molecule has 0 saturated carbocycles. The molecule has 3 rings (SSSR count). The first-order valence-electron chi connectivity index (χ1n) is 7.83. The van der Waals surface area contributed by atoms with Gasteiger partial charge in [-0.15, -0.1) is 0 Å². The first-order chi connectivity index (χ1) is 12.5. The van der Waals surface area contributed by atoms with Crippen LogP contribution in [0.3, 0.4) is 0 Å². The normalized spacial score (nSPS) is 10.4. The van der Waals surface area contributed by atoms with E-state index >= 15 is 0 Å². The van der Waals surface area contributed by atoms with Crippen LogP contribution in [-0.4, -0.2) is 22.8 Å². The van der Waals surface area contributed by atoms with Crippen molar-refractivity contribution in [1.29, 1.82) is 0 Å². The number of rotatable bonds is 5. The summed E-state index contributed by atoms with van der Waals surface area (Å²) in [4.78, 5) is 24.2. The molecule has 26 heavy (non-hydrogen) atoms. The molecule has 7 heteroatoms. The predicted molar refractivity (Wildman–Crippen MR) is 95.5 cm³/mol. The van der Waals surface area contributed by atoms with Gasteiger partial charge < -0.3 is 10.1 Å². The molecule has 0 fully saturated rings. The third-order valence-corrected chi connectivity index (χ3v) is 3.65. The van der Waals surface area contributed by atoms with Gasteiger partial charge in [-0.25, -0.2) is 9.07 Å². The van der Waals surface area contributed by atoms with E-state index in [0.29, 0.717) is 22.7 Å². The molecule has 0 unspecified atom stereocenters. The van der Waals surface area contributed by atoms with Gasteiger partial charge >= 0.3 is 0 Å². The third kappa shape index (κ3) is 4.13. The Bertz CT molecular complexity index is 984. The molecular formula is C19H16FN3O3. The Labute approximate surface area is 148 Å².